The summed E-state index contributed by atoms with van der Waals surface area (Å²) in [7, 11) is 0. The van der Waals surface area contributed by atoms with Crippen molar-refractivity contribution in [3.63, 3.8) is 0 Å². The normalized spacial score (nSPS) is 20.1. The molecule has 0 saturated carbocycles. The van der Waals surface area contributed by atoms with E-state index in [0.29, 0.717) is 4.58 Å². The lowest BCUT2D eigenvalue weighted by Crippen LogP contribution is -2.16. The molecular formula is C12H16OS2. The molecule has 1 saturated heterocycles. The molecule has 1 heterocycles. The second kappa shape index (κ2) is 5.28. The van der Waals surface area contributed by atoms with Gasteiger partial charge in [0, 0.05) is 0 Å². The Balaban J connectivity index is 2.05. The summed E-state index contributed by atoms with van der Waals surface area (Å²) in [6.07, 6.45) is 0.952. The Morgan fingerprint density at radius 1 is 1.20 bits per heavy atom. The highest BCUT2D eigenvalue weighted by atomic mass is 32.2. The topological polar surface area (TPSA) is 20.2 Å². The van der Waals surface area contributed by atoms with E-state index in [0.717, 1.165) is 5.56 Å². The molecule has 1 atom stereocenters. The average Bonchev–Trinajstić information content (AvgIpc) is 2.30. The molecule has 0 aromatic heterocycles. The molecule has 2 rings (SSSR count). The minimum atomic E-state index is -0.319. The highest BCUT2D eigenvalue weighted by Crippen LogP contribution is 2.39. The fraction of sp³-hybridized carbons (Fsp3) is 0.500. The van der Waals surface area contributed by atoms with Gasteiger partial charge in [0.1, 0.15) is 0 Å². The van der Waals surface area contributed by atoms with Crippen molar-refractivity contribution in [2.24, 2.45) is 0 Å². The van der Waals surface area contributed by atoms with Crippen molar-refractivity contribution in [1.82, 2.24) is 0 Å². The molecule has 3 heteroatoms. The minimum absolute atomic E-state index is 0.319. The first-order valence-corrected chi connectivity index (χ1v) is 7.35. The molecule has 0 aliphatic carbocycles. The summed E-state index contributed by atoms with van der Waals surface area (Å²) in [5.41, 5.74) is 2.29. The van der Waals surface area contributed by atoms with Crippen molar-refractivity contribution >= 4 is 23.5 Å². The van der Waals surface area contributed by atoms with Gasteiger partial charge in [-0.2, -0.15) is 0 Å². The molecule has 15 heavy (non-hydrogen) atoms. The van der Waals surface area contributed by atoms with Gasteiger partial charge in [-0.05, 0) is 30.4 Å². The zero-order chi connectivity index (χ0) is 10.7. The summed E-state index contributed by atoms with van der Waals surface area (Å²) in [4.78, 5) is 0. The molecule has 82 valence electrons. The van der Waals surface area contributed by atoms with E-state index >= 15 is 0 Å². The Bertz CT molecular complexity index is 304. The van der Waals surface area contributed by atoms with E-state index in [4.69, 9.17) is 0 Å². The van der Waals surface area contributed by atoms with Crippen LogP contribution < -0.4 is 0 Å². The number of benzene rings is 1. The molecule has 1 aromatic carbocycles. The number of rotatable bonds is 2. The molecule has 1 nitrogen and oxygen atoms in total. The number of aryl methyl sites for hydroxylation is 1. The van der Waals surface area contributed by atoms with Crippen molar-refractivity contribution < 1.29 is 5.11 Å². The third-order valence-electron chi connectivity index (χ3n) is 2.53. The largest absolute Gasteiger partial charge is 0.386 e. The van der Waals surface area contributed by atoms with Crippen LogP contribution in [0.15, 0.2) is 24.3 Å². The number of hydrogen-bond donors (Lipinski definition) is 1. The second-order valence-corrected chi connectivity index (χ2v) is 6.62. The van der Waals surface area contributed by atoms with Crippen LogP contribution in [0.1, 0.15) is 23.7 Å². The van der Waals surface area contributed by atoms with E-state index in [1.54, 1.807) is 0 Å². The summed E-state index contributed by atoms with van der Waals surface area (Å²) < 4.78 is 0.321. The van der Waals surface area contributed by atoms with Crippen LogP contribution in [0.5, 0.6) is 0 Å². The molecule has 0 bridgehead atoms. The Hall–Kier alpha value is -0.120. The van der Waals surface area contributed by atoms with Crippen molar-refractivity contribution in [3.8, 4) is 0 Å². The molecule has 0 radical (unpaired) electrons. The maximum Gasteiger partial charge on any atom is 0.1000 e. The number of aliphatic hydroxyl groups excluding tert-OH is 1. The predicted molar refractivity (Wildman–Crippen MR) is 69.5 cm³/mol. The zero-order valence-electron chi connectivity index (χ0n) is 8.85. The van der Waals surface area contributed by atoms with Crippen LogP contribution >= 0.6 is 23.5 Å². The molecule has 1 N–H and O–H groups in total. The SMILES string of the molecule is Cc1ccc(C(O)C2SCCCS2)cc1. The van der Waals surface area contributed by atoms with Gasteiger partial charge in [-0.25, -0.2) is 0 Å². The lowest BCUT2D eigenvalue weighted by molar-refractivity contribution is 0.196. The van der Waals surface area contributed by atoms with Gasteiger partial charge in [-0.3, -0.25) is 0 Å². The Morgan fingerprint density at radius 2 is 1.80 bits per heavy atom. The Labute approximate surface area is 99.7 Å². The average molecular weight is 240 g/mol. The third-order valence-corrected chi connectivity index (χ3v) is 5.57. The first-order valence-electron chi connectivity index (χ1n) is 5.25. The number of thioether (sulfide) groups is 2. The summed E-state index contributed by atoms with van der Waals surface area (Å²) in [6, 6.07) is 8.21. The fourth-order valence-corrected chi connectivity index (χ4v) is 4.52. The smallest absolute Gasteiger partial charge is 0.1000 e. The molecular weight excluding hydrogens is 224 g/mol. The summed E-state index contributed by atoms with van der Waals surface area (Å²) in [5, 5.41) is 10.2. The molecule has 1 aromatic rings. The van der Waals surface area contributed by atoms with Gasteiger partial charge in [-0.15, -0.1) is 23.5 Å². The van der Waals surface area contributed by atoms with Crippen molar-refractivity contribution in [2.75, 3.05) is 11.5 Å². The van der Waals surface area contributed by atoms with E-state index in [-0.39, 0.29) is 6.10 Å². The van der Waals surface area contributed by atoms with E-state index in [9.17, 15) is 5.11 Å². The van der Waals surface area contributed by atoms with E-state index < -0.39 is 0 Å². The maximum atomic E-state index is 10.2. The van der Waals surface area contributed by atoms with Crippen LogP contribution in [0.4, 0.5) is 0 Å². The molecule has 1 aliphatic rings. The van der Waals surface area contributed by atoms with Crippen molar-refractivity contribution in [1.29, 1.82) is 0 Å². The number of aliphatic hydroxyl groups is 1. The van der Waals surface area contributed by atoms with Gasteiger partial charge in [0.2, 0.25) is 0 Å². The van der Waals surface area contributed by atoms with Gasteiger partial charge >= 0.3 is 0 Å². The van der Waals surface area contributed by atoms with Crippen LogP contribution in [-0.2, 0) is 0 Å². The van der Waals surface area contributed by atoms with Gasteiger partial charge in [0.05, 0.1) is 10.7 Å². The molecule has 0 amide bonds. The van der Waals surface area contributed by atoms with Crippen molar-refractivity contribution in [2.45, 2.75) is 24.0 Å². The number of hydrogen-bond acceptors (Lipinski definition) is 3. The van der Waals surface area contributed by atoms with Crippen LogP contribution in [0.25, 0.3) is 0 Å². The first-order chi connectivity index (χ1) is 7.27. The molecule has 1 aliphatic heterocycles. The Morgan fingerprint density at radius 3 is 2.40 bits per heavy atom. The monoisotopic (exact) mass is 240 g/mol. The summed E-state index contributed by atoms with van der Waals surface area (Å²) in [5.74, 6) is 2.36. The van der Waals surface area contributed by atoms with Gasteiger partial charge in [0.25, 0.3) is 0 Å². The quantitative estimate of drug-likeness (QED) is 0.857. The maximum absolute atomic E-state index is 10.2. The van der Waals surface area contributed by atoms with Crippen molar-refractivity contribution in [3.05, 3.63) is 35.4 Å². The van der Waals surface area contributed by atoms with Crippen LogP contribution in [0.2, 0.25) is 0 Å². The minimum Gasteiger partial charge on any atom is -0.386 e. The first kappa shape index (κ1) is 11.4. The van der Waals surface area contributed by atoms with Crippen LogP contribution in [0.3, 0.4) is 0 Å². The predicted octanol–water partition coefficient (Wildman–Crippen LogP) is 3.22. The van der Waals surface area contributed by atoms with E-state index in [2.05, 4.69) is 19.1 Å². The molecule has 0 spiro atoms. The standard InChI is InChI=1S/C12H16OS2/c1-9-3-5-10(6-4-9)11(13)12-14-7-2-8-15-12/h3-6,11-13H,2,7-8H2,1H3. The van der Waals surface area contributed by atoms with Gasteiger partial charge in [-0.1, -0.05) is 29.8 Å². The van der Waals surface area contributed by atoms with Crippen LogP contribution in [-0.4, -0.2) is 21.2 Å². The van der Waals surface area contributed by atoms with E-state index in [1.807, 2.05) is 35.7 Å². The lowest BCUT2D eigenvalue weighted by atomic mass is 10.1. The van der Waals surface area contributed by atoms with E-state index in [1.165, 1.54) is 23.5 Å². The van der Waals surface area contributed by atoms with Crippen LogP contribution in [0, 0.1) is 6.92 Å². The Kier molecular flexibility index (Phi) is 4.00. The third kappa shape index (κ3) is 2.92. The zero-order valence-corrected chi connectivity index (χ0v) is 10.5. The fourth-order valence-electron chi connectivity index (χ4n) is 1.61. The molecule has 1 unspecified atom stereocenters. The molecule has 1 fully saturated rings. The summed E-state index contributed by atoms with van der Waals surface area (Å²) in [6.45, 7) is 2.07. The van der Waals surface area contributed by atoms with Gasteiger partial charge in [0.15, 0.2) is 0 Å². The lowest BCUT2D eigenvalue weighted by Gasteiger charge is -2.25. The van der Waals surface area contributed by atoms with Gasteiger partial charge < -0.3 is 5.11 Å². The summed E-state index contributed by atoms with van der Waals surface area (Å²) >= 11 is 3.77. The highest BCUT2D eigenvalue weighted by Gasteiger charge is 2.23. The highest BCUT2D eigenvalue weighted by molar-refractivity contribution is 8.17. The second-order valence-electron chi connectivity index (χ2n) is 3.82.